The Bertz CT molecular complexity index is 356. The quantitative estimate of drug-likeness (QED) is 0.839. The van der Waals surface area contributed by atoms with Crippen LogP contribution in [0.4, 0.5) is 5.69 Å². The molecule has 1 heterocycles. The summed E-state index contributed by atoms with van der Waals surface area (Å²) in [6.07, 6.45) is 1.15. The highest BCUT2D eigenvalue weighted by Crippen LogP contribution is 2.27. The summed E-state index contributed by atoms with van der Waals surface area (Å²) in [4.78, 5) is 2.46. The van der Waals surface area contributed by atoms with Crippen molar-refractivity contribution in [2.75, 3.05) is 18.0 Å². The highest BCUT2D eigenvalue weighted by atomic mass is 15.1. The molecule has 16 heavy (non-hydrogen) atoms. The molecule has 2 heteroatoms. The van der Waals surface area contributed by atoms with E-state index >= 15 is 0 Å². The molecule has 0 saturated carbocycles. The standard InChI is InChI=1S/C14H22N2/c1-4-16(5-2)14-8-6-7-12-10-15-11(3)9-13(12)14/h6-8,11,15H,4-5,9-10H2,1-3H3. The van der Waals surface area contributed by atoms with Gasteiger partial charge in [0.05, 0.1) is 0 Å². The van der Waals surface area contributed by atoms with E-state index in [4.69, 9.17) is 0 Å². The molecule has 2 nitrogen and oxygen atoms in total. The van der Waals surface area contributed by atoms with Crippen LogP contribution in [0.3, 0.4) is 0 Å². The van der Waals surface area contributed by atoms with Crippen LogP contribution in [0.5, 0.6) is 0 Å². The predicted octanol–water partition coefficient (Wildman–Crippen LogP) is 2.57. The van der Waals surface area contributed by atoms with Crippen LogP contribution in [0.2, 0.25) is 0 Å². The van der Waals surface area contributed by atoms with Crippen molar-refractivity contribution < 1.29 is 0 Å². The van der Waals surface area contributed by atoms with Gasteiger partial charge in [-0.2, -0.15) is 0 Å². The molecule has 0 spiro atoms. The van der Waals surface area contributed by atoms with Crippen LogP contribution in [0.1, 0.15) is 31.9 Å². The largest absolute Gasteiger partial charge is 0.372 e. The lowest BCUT2D eigenvalue weighted by molar-refractivity contribution is 0.513. The minimum atomic E-state index is 0.601. The molecule has 1 N–H and O–H groups in total. The summed E-state index contributed by atoms with van der Waals surface area (Å²) in [6, 6.07) is 7.30. The van der Waals surface area contributed by atoms with Gasteiger partial charge < -0.3 is 10.2 Å². The summed E-state index contributed by atoms with van der Waals surface area (Å²) in [7, 11) is 0. The van der Waals surface area contributed by atoms with E-state index in [0.29, 0.717) is 6.04 Å². The molecule has 1 aromatic rings. The molecule has 0 amide bonds. The van der Waals surface area contributed by atoms with Crippen molar-refractivity contribution in [2.24, 2.45) is 0 Å². The molecule has 0 fully saturated rings. The second kappa shape index (κ2) is 4.88. The fraction of sp³-hybridized carbons (Fsp3) is 0.571. The van der Waals surface area contributed by atoms with Crippen molar-refractivity contribution in [1.82, 2.24) is 5.32 Å². The lowest BCUT2D eigenvalue weighted by atomic mass is 9.94. The Morgan fingerprint density at radius 1 is 1.31 bits per heavy atom. The van der Waals surface area contributed by atoms with Crippen LogP contribution in [-0.2, 0) is 13.0 Å². The maximum absolute atomic E-state index is 3.52. The number of hydrogen-bond acceptors (Lipinski definition) is 2. The fourth-order valence-corrected chi connectivity index (χ4v) is 2.55. The van der Waals surface area contributed by atoms with E-state index in [9.17, 15) is 0 Å². The smallest absolute Gasteiger partial charge is 0.0402 e. The van der Waals surface area contributed by atoms with Gasteiger partial charge in [0.1, 0.15) is 0 Å². The molecule has 1 unspecified atom stereocenters. The van der Waals surface area contributed by atoms with Gasteiger partial charge in [0.15, 0.2) is 0 Å². The molecule has 2 rings (SSSR count). The zero-order valence-corrected chi connectivity index (χ0v) is 10.6. The summed E-state index contributed by atoms with van der Waals surface area (Å²) in [5.74, 6) is 0. The summed E-state index contributed by atoms with van der Waals surface area (Å²) in [5.41, 5.74) is 4.47. The van der Waals surface area contributed by atoms with Gasteiger partial charge in [-0.1, -0.05) is 12.1 Å². The van der Waals surface area contributed by atoms with E-state index in [0.717, 1.165) is 26.1 Å². The SMILES string of the molecule is CCN(CC)c1cccc2c1CC(C)NC2. The third kappa shape index (κ3) is 2.07. The minimum Gasteiger partial charge on any atom is -0.372 e. The first kappa shape index (κ1) is 11.5. The van der Waals surface area contributed by atoms with Gasteiger partial charge in [-0.05, 0) is 44.4 Å². The highest BCUT2D eigenvalue weighted by Gasteiger charge is 2.18. The Kier molecular flexibility index (Phi) is 3.49. The molecule has 0 bridgehead atoms. The van der Waals surface area contributed by atoms with Gasteiger partial charge >= 0.3 is 0 Å². The summed E-state index contributed by atoms with van der Waals surface area (Å²) >= 11 is 0. The number of benzene rings is 1. The molecule has 0 aliphatic carbocycles. The van der Waals surface area contributed by atoms with E-state index in [1.54, 1.807) is 5.56 Å². The van der Waals surface area contributed by atoms with Crippen LogP contribution in [0, 0.1) is 0 Å². The Morgan fingerprint density at radius 2 is 2.06 bits per heavy atom. The Balaban J connectivity index is 2.38. The Hall–Kier alpha value is -1.02. The van der Waals surface area contributed by atoms with E-state index in [2.05, 4.69) is 49.2 Å². The van der Waals surface area contributed by atoms with Crippen molar-refractivity contribution in [3.63, 3.8) is 0 Å². The molecule has 1 aliphatic rings. The normalized spacial score (nSPS) is 19.3. The lowest BCUT2D eigenvalue weighted by Crippen LogP contribution is -2.34. The van der Waals surface area contributed by atoms with Gasteiger partial charge in [0.25, 0.3) is 0 Å². The third-order valence-corrected chi connectivity index (χ3v) is 3.50. The zero-order chi connectivity index (χ0) is 11.5. The van der Waals surface area contributed by atoms with Crippen molar-refractivity contribution in [2.45, 2.75) is 39.8 Å². The van der Waals surface area contributed by atoms with Crippen molar-refractivity contribution in [3.05, 3.63) is 29.3 Å². The lowest BCUT2D eigenvalue weighted by Gasteiger charge is -2.30. The number of fused-ring (bicyclic) bond motifs is 1. The molecule has 0 saturated heterocycles. The number of hydrogen-bond donors (Lipinski definition) is 1. The van der Waals surface area contributed by atoms with Crippen LogP contribution < -0.4 is 10.2 Å². The maximum Gasteiger partial charge on any atom is 0.0402 e. The summed E-state index contributed by atoms with van der Waals surface area (Å²) < 4.78 is 0. The van der Waals surface area contributed by atoms with Gasteiger partial charge in [-0.15, -0.1) is 0 Å². The third-order valence-electron chi connectivity index (χ3n) is 3.50. The number of anilines is 1. The molecule has 1 aliphatic heterocycles. The minimum absolute atomic E-state index is 0.601. The number of nitrogens with one attached hydrogen (secondary N) is 1. The van der Waals surface area contributed by atoms with Crippen molar-refractivity contribution >= 4 is 5.69 Å². The van der Waals surface area contributed by atoms with E-state index < -0.39 is 0 Å². The molecule has 1 aromatic carbocycles. The molecule has 0 radical (unpaired) electrons. The van der Waals surface area contributed by atoms with Gasteiger partial charge in [0.2, 0.25) is 0 Å². The first-order valence-corrected chi connectivity index (χ1v) is 6.35. The van der Waals surface area contributed by atoms with Gasteiger partial charge in [-0.3, -0.25) is 0 Å². The van der Waals surface area contributed by atoms with Gasteiger partial charge in [0, 0.05) is 31.4 Å². The average Bonchev–Trinajstić information content (AvgIpc) is 2.31. The van der Waals surface area contributed by atoms with E-state index in [1.165, 1.54) is 11.3 Å². The van der Waals surface area contributed by atoms with Crippen LogP contribution in [0.25, 0.3) is 0 Å². The van der Waals surface area contributed by atoms with Crippen LogP contribution in [0.15, 0.2) is 18.2 Å². The first-order valence-electron chi connectivity index (χ1n) is 6.35. The summed E-state index contributed by atoms with van der Waals surface area (Å²) in [6.45, 7) is 9.93. The summed E-state index contributed by atoms with van der Waals surface area (Å²) in [5, 5.41) is 3.52. The zero-order valence-electron chi connectivity index (χ0n) is 10.6. The first-order chi connectivity index (χ1) is 7.76. The van der Waals surface area contributed by atoms with E-state index in [-0.39, 0.29) is 0 Å². The topological polar surface area (TPSA) is 15.3 Å². The number of nitrogens with zero attached hydrogens (tertiary/aromatic N) is 1. The van der Waals surface area contributed by atoms with Gasteiger partial charge in [-0.25, -0.2) is 0 Å². The van der Waals surface area contributed by atoms with Crippen LogP contribution in [-0.4, -0.2) is 19.1 Å². The van der Waals surface area contributed by atoms with Crippen molar-refractivity contribution in [3.8, 4) is 0 Å². The Morgan fingerprint density at radius 3 is 2.75 bits per heavy atom. The average molecular weight is 218 g/mol. The van der Waals surface area contributed by atoms with E-state index in [1.807, 2.05) is 0 Å². The van der Waals surface area contributed by atoms with Crippen LogP contribution >= 0.6 is 0 Å². The molecule has 88 valence electrons. The Labute approximate surface area is 98.7 Å². The number of rotatable bonds is 3. The predicted molar refractivity (Wildman–Crippen MR) is 70.0 cm³/mol. The second-order valence-electron chi connectivity index (χ2n) is 4.57. The fourth-order valence-electron chi connectivity index (χ4n) is 2.55. The van der Waals surface area contributed by atoms with Crippen molar-refractivity contribution in [1.29, 1.82) is 0 Å². The maximum atomic E-state index is 3.52. The second-order valence-corrected chi connectivity index (χ2v) is 4.57. The highest BCUT2D eigenvalue weighted by molar-refractivity contribution is 5.57. The molecular formula is C14H22N2. The molecular weight excluding hydrogens is 196 g/mol. The monoisotopic (exact) mass is 218 g/mol. The molecule has 1 atom stereocenters. The molecule has 0 aromatic heterocycles.